The highest BCUT2D eigenvalue weighted by atomic mass is 16.5. The Morgan fingerprint density at radius 1 is 0.900 bits per heavy atom. The van der Waals surface area contributed by atoms with Crippen LogP contribution in [-0.2, 0) is 6.42 Å². The molecule has 30 heavy (non-hydrogen) atoms. The molecule has 0 atom stereocenters. The van der Waals surface area contributed by atoms with Gasteiger partial charge in [0.25, 0.3) is 0 Å². The zero-order valence-corrected chi connectivity index (χ0v) is 16.5. The first-order valence-corrected chi connectivity index (χ1v) is 10.1. The Balaban J connectivity index is 1.70. The van der Waals surface area contributed by atoms with Crippen LogP contribution in [0.15, 0.2) is 65.1 Å². The molecule has 3 heterocycles. The van der Waals surface area contributed by atoms with Gasteiger partial charge in [-0.25, -0.2) is 4.79 Å². The Hall–Kier alpha value is -3.73. The molecule has 0 saturated heterocycles. The molecule has 0 spiro atoms. The molecule has 0 saturated carbocycles. The third-order valence-corrected chi connectivity index (χ3v) is 5.83. The largest absolute Gasteiger partial charge is 0.491 e. The first kappa shape index (κ1) is 17.2. The summed E-state index contributed by atoms with van der Waals surface area (Å²) in [7, 11) is 0. The van der Waals surface area contributed by atoms with Gasteiger partial charge in [0.1, 0.15) is 11.3 Å². The van der Waals surface area contributed by atoms with Crippen molar-refractivity contribution in [2.24, 2.45) is 0 Å². The molecule has 0 aliphatic carbocycles. The summed E-state index contributed by atoms with van der Waals surface area (Å²) in [6.45, 7) is 2.77. The van der Waals surface area contributed by atoms with Crippen LogP contribution in [0.2, 0.25) is 0 Å². The number of esters is 1. The van der Waals surface area contributed by atoms with Gasteiger partial charge >= 0.3 is 5.97 Å². The summed E-state index contributed by atoms with van der Waals surface area (Å²) in [5.74, 6) is 1.35. The number of fused-ring (bicyclic) bond motifs is 5. The third kappa shape index (κ3) is 2.38. The number of hydrogen-bond acceptors (Lipinski definition) is 5. The summed E-state index contributed by atoms with van der Waals surface area (Å²) in [5.41, 5.74) is 5.11. The number of carbonyl (C=O) groups excluding carboxylic acids is 1. The number of aryl methyl sites for hydroxylation is 1. The predicted octanol–water partition coefficient (Wildman–Crippen LogP) is 6.07. The Labute approximate surface area is 173 Å². The lowest BCUT2D eigenvalue weighted by Crippen LogP contribution is -2.17. The fourth-order valence-corrected chi connectivity index (χ4v) is 4.38. The molecule has 5 nitrogen and oxygen atoms in total. The highest BCUT2D eigenvalue weighted by molar-refractivity contribution is 6.06. The molecule has 2 aliphatic rings. The van der Waals surface area contributed by atoms with Gasteiger partial charge in [0.15, 0.2) is 0 Å². The second-order valence-corrected chi connectivity index (χ2v) is 7.64. The van der Waals surface area contributed by atoms with Gasteiger partial charge in [-0.05, 0) is 61.2 Å². The summed E-state index contributed by atoms with van der Waals surface area (Å²) in [4.78, 5) is 15.0. The number of furan rings is 1. The topological polar surface area (TPSA) is 51.9 Å². The van der Waals surface area contributed by atoms with E-state index in [0.717, 1.165) is 29.7 Å². The molecule has 2 aliphatic heterocycles. The molecule has 0 radical (unpaired) electrons. The highest BCUT2D eigenvalue weighted by Crippen LogP contribution is 2.52. The lowest BCUT2D eigenvalue weighted by molar-refractivity contribution is 0.0740. The average molecular weight is 397 g/mol. The maximum atomic E-state index is 13.0. The Bertz CT molecular complexity index is 1320. The fourth-order valence-electron chi connectivity index (χ4n) is 4.38. The predicted molar refractivity (Wildman–Crippen MR) is 114 cm³/mol. The fraction of sp³-hybridized carbons (Fsp3) is 0.160. The zero-order valence-electron chi connectivity index (χ0n) is 16.5. The number of carbonyl (C=O) groups is 1. The molecule has 6 rings (SSSR count). The van der Waals surface area contributed by atoms with Gasteiger partial charge in [0.05, 0.1) is 28.9 Å². The standard InChI is InChI=1S/C25H19NO4/c1-15-12-13-20(22-16(15)9-6-14-28-22)26-19-10-4-2-7-17(19)25(27)30-23-18-8-3-5-11-21(18)29-24(23)26/h2-5,7-8,10-13H,6,9,14H2,1H3. The third-order valence-electron chi connectivity index (χ3n) is 5.83. The number of ether oxygens (including phenoxy) is 2. The first-order valence-electron chi connectivity index (χ1n) is 10.1. The molecular weight excluding hydrogens is 378 g/mol. The minimum Gasteiger partial charge on any atom is -0.491 e. The molecule has 148 valence electrons. The van der Waals surface area contributed by atoms with Crippen LogP contribution in [-0.4, -0.2) is 12.6 Å². The van der Waals surface area contributed by atoms with E-state index in [4.69, 9.17) is 13.9 Å². The van der Waals surface area contributed by atoms with Crippen LogP contribution in [0.4, 0.5) is 17.3 Å². The van der Waals surface area contributed by atoms with Gasteiger partial charge in [-0.3, -0.25) is 4.90 Å². The van der Waals surface area contributed by atoms with Crippen LogP contribution < -0.4 is 14.4 Å². The van der Waals surface area contributed by atoms with Gasteiger partial charge in [-0.15, -0.1) is 0 Å². The Kier molecular flexibility index (Phi) is 3.65. The number of hydrogen-bond donors (Lipinski definition) is 0. The number of benzene rings is 3. The lowest BCUT2D eigenvalue weighted by Gasteiger charge is -2.28. The van der Waals surface area contributed by atoms with Crippen LogP contribution in [0.25, 0.3) is 11.0 Å². The molecule has 3 aromatic carbocycles. The average Bonchev–Trinajstić information content (AvgIpc) is 3.08. The van der Waals surface area contributed by atoms with Crippen LogP contribution in [0.1, 0.15) is 27.9 Å². The van der Waals surface area contributed by atoms with Crippen molar-refractivity contribution in [1.29, 1.82) is 0 Å². The van der Waals surface area contributed by atoms with Crippen LogP contribution in [0.5, 0.6) is 11.5 Å². The van der Waals surface area contributed by atoms with Crippen molar-refractivity contribution in [3.63, 3.8) is 0 Å². The van der Waals surface area contributed by atoms with E-state index in [9.17, 15) is 4.79 Å². The van der Waals surface area contributed by atoms with E-state index in [0.29, 0.717) is 35.1 Å². The van der Waals surface area contributed by atoms with Gasteiger partial charge in [-0.2, -0.15) is 0 Å². The summed E-state index contributed by atoms with van der Waals surface area (Å²) in [6.07, 6.45) is 1.96. The van der Waals surface area contributed by atoms with E-state index in [-0.39, 0.29) is 0 Å². The summed E-state index contributed by atoms with van der Waals surface area (Å²) < 4.78 is 18.2. The highest BCUT2D eigenvalue weighted by Gasteiger charge is 2.35. The Morgan fingerprint density at radius 2 is 1.73 bits per heavy atom. The second kappa shape index (κ2) is 6.39. The van der Waals surface area contributed by atoms with Gasteiger partial charge in [0, 0.05) is 0 Å². The number of nitrogens with zero attached hydrogens (tertiary/aromatic N) is 1. The van der Waals surface area contributed by atoms with Crippen molar-refractivity contribution in [2.75, 3.05) is 11.5 Å². The number of para-hydroxylation sites is 2. The second-order valence-electron chi connectivity index (χ2n) is 7.64. The first-order chi connectivity index (χ1) is 14.7. The van der Waals surface area contributed by atoms with Crippen LogP contribution in [0.3, 0.4) is 0 Å². The molecular formula is C25H19NO4. The summed E-state index contributed by atoms with van der Waals surface area (Å²) >= 11 is 0. The molecule has 0 amide bonds. The van der Waals surface area contributed by atoms with E-state index in [2.05, 4.69) is 13.0 Å². The lowest BCUT2D eigenvalue weighted by atomic mass is 9.99. The quantitative estimate of drug-likeness (QED) is 0.365. The van der Waals surface area contributed by atoms with E-state index >= 15 is 0 Å². The molecule has 4 aromatic rings. The van der Waals surface area contributed by atoms with Crippen molar-refractivity contribution in [3.8, 4) is 11.5 Å². The van der Waals surface area contributed by atoms with Gasteiger partial charge in [-0.1, -0.05) is 30.3 Å². The van der Waals surface area contributed by atoms with E-state index in [1.807, 2.05) is 53.4 Å². The summed E-state index contributed by atoms with van der Waals surface area (Å²) in [5, 5.41) is 0.764. The van der Waals surface area contributed by atoms with E-state index < -0.39 is 5.97 Å². The van der Waals surface area contributed by atoms with Crippen molar-refractivity contribution in [1.82, 2.24) is 0 Å². The molecule has 0 N–H and O–H groups in total. The normalized spacial score (nSPS) is 15.0. The van der Waals surface area contributed by atoms with Crippen molar-refractivity contribution in [2.45, 2.75) is 19.8 Å². The molecule has 0 fully saturated rings. The van der Waals surface area contributed by atoms with E-state index in [1.165, 1.54) is 11.1 Å². The maximum Gasteiger partial charge on any atom is 0.345 e. The van der Waals surface area contributed by atoms with Gasteiger partial charge in [0.2, 0.25) is 11.6 Å². The maximum absolute atomic E-state index is 13.0. The number of rotatable bonds is 1. The SMILES string of the molecule is Cc1ccc(N2c3ccccc3C(=O)Oc3c2oc2ccccc32)c2c1CCCO2. The minimum atomic E-state index is -0.400. The minimum absolute atomic E-state index is 0.400. The van der Waals surface area contributed by atoms with E-state index in [1.54, 1.807) is 6.07 Å². The number of anilines is 3. The van der Waals surface area contributed by atoms with Gasteiger partial charge < -0.3 is 13.9 Å². The smallest absolute Gasteiger partial charge is 0.345 e. The summed E-state index contributed by atoms with van der Waals surface area (Å²) in [6, 6.07) is 19.2. The van der Waals surface area contributed by atoms with Crippen molar-refractivity contribution < 1.29 is 18.7 Å². The molecule has 0 unspecified atom stereocenters. The Morgan fingerprint density at radius 3 is 2.67 bits per heavy atom. The van der Waals surface area contributed by atoms with Crippen molar-refractivity contribution >= 4 is 34.2 Å². The molecule has 0 bridgehead atoms. The van der Waals surface area contributed by atoms with Crippen LogP contribution in [0, 0.1) is 6.92 Å². The molecule has 1 aromatic heterocycles. The molecule has 5 heteroatoms. The zero-order chi connectivity index (χ0) is 20.2. The van der Waals surface area contributed by atoms with Crippen molar-refractivity contribution in [3.05, 3.63) is 77.4 Å². The monoisotopic (exact) mass is 397 g/mol. The van der Waals surface area contributed by atoms with Crippen LogP contribution >= 0.6 is 0 Å².